The highest BCUT2D eigenvalue weighted by atomic mass is 16.5. The molecule has 0 aliphatic carbocycles. The second kappa shape index (κ2) is 6.25. The van der Waals surface area contributed by atoms with Gasteiger partial charge in [-0.25, -0.2) is 4.79 Å². The molecule has 1 heterocycles. The van der Waals surface area contributed by atoms with Crippen molar-refractivity contribution in [2.24, 2.45) is 0 Å². The van der Waals surface area contributed by atoms with Crippen molar-refractivity contribution < 1.29 is 9.53 Å². The normalized spacial score (nSPS) is 14.7. The maximum Gasteiger partial charge on any atom is 0.348 e. The molecule has 0 saturated carbocycles. The van der Waals surface area contributed by atoms with Gasteiger partial charge in [-0.2, -0.15) is 5.26 Å². The molecule has 0 amide bonds. The summed E-state index contributed by atoms with van der Waals surface area (Å²) in [6.07, 6.45) is 1.46. The van der Waals surface area contributed by atoms with Crippen molar-refractivity contribution in [1.82, 2.24) is 0 Å². The van der Waals surface area contributed by atoms with Crippen LogP contribution in [0.4, 0.5) is 5.69 Å². The average molecular weight is 270 g/mol. The van der Waals surface area contributed by atoms with E-state index >= 15 is 0 Å². The third kappa shape index (κ3) is 3.00. The number of nitriles is 1. The fourth-order valence-electron chi connectivity index (χ4n) is 2.41. The van der Waals surface area contributed by atoms with Gasteiger partial charge in [-0.15, -0.1) is 0 Å². The molecule has 1 fully saturated rings. The molecule has 4 nitrogen and oxygen atoms in total. The van der Waals surface area contributed by atoms with Crippen molar-refractivity contribution in [3.05, 3.63) is 41.0 Å². The minimum Gasteiger partial charge on any atom is -0.465 e. The van der Waals surface area contributed by atoms with Crippen LogP contribution in [-0.4, -0.2) is 26.2 Å². The first-order chi connectivity index (χ1) is 9.65. The van der Waals surface area contributed by atoms with E-state index in [1.807, 2.05) is 6.07 Å². The lowest BCUT2D eigenvalue weighted by Crippen LogP contribution is -2.31. The quantitative estimate of drug-likeness (QED) is 0.471. The largest absolute Gasteiger partial charge is 0.465 e. The van der Waals surface area contributed by atoms with Crippen LogP contribution in [0.1, 0.15) is 18.4 Å². The zero-order valence-corrected chi connectivity index (χ0v) is 11.8. The number of piperidine rings is 1. The number of rotatable bonds is 2. The smallest absolute Gasteiger partial charge is 0.348 e. The number of hydrogen-bond donors (Lipinski definition) is 0. The van der Waals surface area contributed by atoms with Crippen LogP contribution in [0.15, 0.2) is 35.4 Å². The molecule has 20 heavy (non-hydrogen) atoms. The van der Waals surface area contributed by atoms with Gasteiger partial charge in [0, 0.05) is 18.8 Å². The Labute approximate surface area is 119 Å². The Morgan fingerprint density at radius 3 is 2.35 bits per heavy atom. The van der Waals surface area contributed by atoms with E-state index in [9.17, 15) is 4.79 Å². The zero-order chi connectivity index (χ0) is 14.5. The lowest BCUT2D eigenvalue weighted by molar-refractivity contribution is -0.135. The predicted molar refractivity (Wildman–Crippen MR) is 77.3 cm³/mol. The summed E-state index contributed by atoms with van der Waals surface area (Å²) >= 11 is 0. The molecule has 0 N–H and O–H groups in total. The molecule has 4 heteroatoms. The number of aryl methyl sites for hydroxylation is 1. The van der Waals surface area contributed by atoms with Crippen molar-refractivity contribution in [3.8, 4) is 6.07 Å². The SMILES string of the molecule is COC(=O)C(C#N)=C1CCN(c2ccc(C)cc2)CC1. The summed E-state index contributed by atoms with van der Waals surface area (Å²) in [6, 6.07) is 10.4. The van der Waals surface area contributed by atoms with Crippen LogP contribution < -0.4 is 4.90 Å². The Morgan fingerprint density at radius 1 is 1.25 bits per heavy atom. The number of carbonyl (C=O) groups excluding carboxylic acids is 1. The maximum atomic E-state index is 11.5. The highest BCUT2D eigenvalue weighted by Crippen LogP contribution is 2.25. The first-order valence-corrected chi connectivity index (χ1v) is 6.67. The number of methoxy groups -OCH3 is 1. The van der Waals surface area contributed by atoms with Gasteiger partial charge in [0.15, 0.2) is 0 Å². The molecule has 0 atom stereocenters. The van der Waals surface area contributed by atoms with Crippen LogP contribution in [0.3, 0.4) is 0 Å². The molecular weight excluding hydrogens is 252 g/mol. The first-order valence-electron chi connectivity index (χ1n) is 6.67. The summed E-state index contributed by atoms with van der Waals surface area (Å²) < 4.78 is 4.65. The Bertz CT molecular complexity index is 557. The van der Waals surface area contributed by atoms with E-state index in [4.69, 9.17) is 5.26 Å². The zero-order valence-electron chi connectivity index (χ0n) is 11.8. The second-order valence-electron chi connectivity index (χ2n) is 4.90. The van der Waals surface area contributed by atoms with Crippen LogP contribution in [0.5, 0.6) is 0 Å². The summed E-state index contributed by atoms with van der Waals surface area (Å²) in [6.45, 7) is 3.71. The van der Waals surface area contributed by atoms with Crippen LogP contribution in [0, 0.1) is 18.3 Å². The van der Waals surface area contributed by atoms with Crippen LogP contribution in [0.2, 0.25) is 0 Å². The van der Waals surface area contributed by atoms with E-state index < -0.39 is 5.97 Å². The molecular formula is C16H18N2O2. The Morgan fingerprint density at radius 2 is 1.85 bits per heavy atom. The van der Waals surface area contributed by atoms with E-state index in [0.717, 1.165) is 31.5 Å². The molecule has 2 rings (SSSR count). The average Bonchev–Trinajstić information content (AvgIpc) is 2.49. The van der Waals surface area contributed by atoms with E-state index in [0.29, 0.717) is 0 Å². The van der Waals surface area contributed by atoms with Gasteiger partial charge in [-0.1, -0.05) is 17.7 Å². The van der Waals surface area contributed by atoms with Crippen LogP contribution in [0.25, 0.3) is 0 Å². The predicted octanol–water partition coefficient (Wildman–Crippen LogP) is 2.59. The molecule has 0 bridgehead atoms. The van der Waals surface area contributed by atoms with E-state index in [2.05, 4.69) is 40.8 Å². The second-order valence-corrected chi connectivity index (χ2v) is 4.90. The molecule has 1 saturated heterocycles. The van der Waals surface area contributed by atoms with Crippen molar-refractivity contribution in [2.75, 3.05) is 25.1 Å². The number of carbonyl (C=O) groups is 1. The molecule has 0 aromatic heterocycles. The minimum absolute atomic E-state index is 0.177. The molecule has 1 aromatic carbocycles. The standard InChI is InChI=1S/C16H18N2O2/c1-12-3-5-14(6-4-12)18-9-7-13(8-10-18)15(11-17)16(19)20-2/h3-6H,7-10H2,1-2H3. The van der Waals surface area contributed by atoms with Gasteiger partial charge < -0.3 is 9.64 Å². The summed E-state index contributed by atoms with van der Waals surface area (Å²) in [4.78, 5) is 13.8. The summed E-state index contributed by atoms with van der Waals surface area (Å²) in [5.41, 5.74) is 3.51. The lowest BCUT2D eigenvalue weighted by Gasteiger charge is -2.30. The topological polar surface area (TPSA) is 53.3 Å². The Kier molecular flexibility index (Phi) is 4.41. The molecule has 0 spiro atoms. The Hall–Kier alpha value is -2.28. The van der Waals surface area contributed by atoms with Gasteiger partial charge in [0.05, 0.1) is 7.11 Å². The lowest BCUT2D eigenvalue weighted by atomic mass is 9.98. The number of ether oxygens (including phenoxy) is 1. The van der Waals surface area contributed by atoms with Crippen molar-refractivity contribution in [2.45, 2.75) is 19.8 Å². The van der Waals surface area contributed by atoms with Crippen molar-refractivity contribution >= 4 is 11.7 Å². The summed E-state index contributed by atoms with van der Waals surface area (Å²) in [5.74, 6) is -0.522. The highest BCUT2D eigenvalue weighted by Gasteiger charge is 2.21. The van der Waals surface area contributed by atoms with Gasteiger partial charge in [-0.05, 0) is 37.5 Å². The van der Waals surface area contributed by atoms with E-state index in [1.165, 1.54) is 18.4 Å². The van der Waals surface area contributed by atoms with Gasteiger partial charge in [0.2, 0.25) is 0 Å². The van der Waals surface area contributed by atoms with Gasteiger partial charge in [-0.3, -0.25) is 0 Å². The fourth-order valence-corrected chi connectivity index (χ4v) is 2.41. The van der Waals surface area contributed by atoms with Gasteiger partial charge in [0.1, 0.15) is 11.6 Å². The van der Waals surface area contributed by atoms with E-state index in [-0.39, 0.29) is 5.57 Å². The van der Waals surface area contributed by atoms with Crippen LogP contribution >= 0.6 is 0 Å². The summed E-state index contributed by atoms with van der Waals surface area (Å²) in [7, 11) is 1.31. The molecule has 1 aliphatic rings. The number of hydrogen-bond acceptors (Lipinski definition) is 4. The van der Waals surface area contributed by atoms with Crippen LogP contribution in [-0.2, 0) is 9.53 Å². The summed E-state index contributed by atoms with van der Waals surface area (Å²) in [5, 5.41) is 9.07. The Balaban J connectivity index is 2.09. The molecule has 1 aliphatic heterocycles. The number of anilines is 1. The molecule has 1 aromatic rings. The van der Waals surface area contributed by atoms with Gasteiger partial charge >= 0.3 is 5.97 Å². The van der Waals surface area contributed by atoms with Crippen molar-refractivity contribution in [3.63, 3.8) is 0 Å². The van der Waals surface area contributed by atoms with Gasteiger partial charge in [0.25, 0.3) is 0 Å². The van der Waals surface area contributed by atoms with Crippen molar-refractivity contribution in [1.29, 1.82) is 5.26 Å². The number of nitrogens with zero attached hydrogens (tertiary/aromatic N) is 2. The number of benzene rings is 1. The molecule has 0 radical (unpaired) electrons. The minimum atomic E-state index is -0.522. The fraction of sp³-hybridized carbons (Fsp3) is 0.375. The third-order valence-electron chi connectivity index (χ3n) is 3.62. The molecule has 0 unspecified atom stereocenters. The highest BCUT2D eigenvalue weighted by molar-refractivity contribution is 5.93. The maximum absolute atomic E-state index is 11.5. The first kappa shape index (κ1) is 14.1. The molecule has 104 valence electrons. The monoisotopic (exact) mass is 270 g/mol. The number of esters is 1. The van der Waals surface area contributed by atoms with E-state index in [1.54, 1.807) is 0 Å². The third-order valence-corrected chi connectivity index (χ3v) is 3.62.